The molecule has 1 fully saturated rings. The molecule has 1 atom stereocenters. The van der Waals surface area contributed by atoms with Gasteiger partial charge in [0, 0.05) is 18.7 Å². The fraction of sp³-hybridized carbons (Fsp3) is 0.455. The minimum atomic E-state index is -4.50. The Balaban J connectivity index is 1.92. The zero-order valence-electron chi connectivity index (χ0n) is 18.5. The van der Waals surface area contributed by atoms with Crippen LogP contribution in [0.15, 0.2) is 23.0 Å². The van der Waals surface area contributed by atoms with E-state index in [-0.39, 0.29) is 17.4 Å². The van der Waals surface area contributed by atoms with Gasteiger partial charge in [0.25, 0.3) is 5.56 Å². The topological polar surface area (TPSA) is 83.7 Å². The lowest BCUT2D eigenvalue weighted by atomic mass is 10.1. The molecule has 0 radical (unpaired) electrons. The van der Waals surface area contributed by atoms with Crippen molar-refractivity contribution in [3.63, 3.8) is 0 Å². The van der Waals surface area contributed by atoms with Crippen molar-refractivity contribution >= 4 is 35.8 Å². The third-order valence-electron chi connectivity index (χ3n) is 4.64. The van der Waals surface area contributed by atoms with Gasteiger partial charge in [0.1, 0.15) is 11.4 Å². The molecule has 2 heterocycles. The van der Waals surface area contributed by atoms with Crippen molar-refractivity contribution in [2.24, 2.45) is 0 Å². The molecule has 180 valence electrons. The van der Waals surface area contributed by atoms with Gasteiger partial charge >= 0.3 is 12.3 Å². The number of aromatic nitrogens is 1. The average Bonchev–Trinajstić information content (AvgIpc) is 3.23. The highest BCUT2D eigenvalue weighted by atomic mass is 32.1. The molecule has 7 nitrogen and oxygen atoms in total. The molecule has 2 aromatic rings. The number of benzene rings is 1. The molecular formula is C22H26F3N3O4S. The third kappa shape index (κ3) is 7.01. The zero-order chi connectivity index (χ0) is 24.4. The van der Waals surface area contributed by atoms with E-state index in [0.29, 0.717) is 40.0 Å². The molecule has 1 aliphatic heterocycles. The lowest BCUT2D eigenvalue weighted by molar-refractivity contribution is -0.153. The highest BCUT2D eigenvalue weighted by molar-refractivity contribution is 7.07. The Morgan fingerprint density at radius 3 is 2.70 bits per heavy atom. The summed E-state index contributed by atoms with van der Waals surface area (Å²) >= 11 is 1.15. The molecule has 1 unspecified atom stereocenters. The number of H-pyrrole nitrogens is 1. The van der Waals surface area contributed by atoms with Gasteiger partial charge in [-0.3, -0.25) is 4.79 Å². The number of halogens is 3. The Morgan fingerprint density at radius 2 is 2.09 bits per heavy atom. The molecule has 11 heteroatoms. The molecule has 1 aliphatic rings. The summed E-state index contributed by atoms with van der Waals surface area (Å²) in [6, 6.07) is 4.46. The molecule has 0 saturated carbocycles. The predicted octanol–water partition coefficient (Wildman–Crippen LogP) is 2.72. The molecule has 1 saturated heterocycles. The summed E-state index contributed by atoms with van der Waals surface area (Å²) in [5.41, 5.74) is -0.0272. The van der Waals surface area contributed by atoms with Crippen LogP contribution in [-0.4, -0.2) is 48.6 Å². The third-order valence-corrected chi connectivity index (χ3v) is 5.52. The first-order valence-electron chi connectivity index (χ1n) is 10.3. The van der Waals surface area contributed by atoms with Crippen LogP contribution in [0, 0.1) is 0 Å². The second kappa shape index (κ2) is 9.50. The van der Waals surface area contributed by atoms with E-state index >= 15 is 0 Å². The van der Waals surface area contributed by atoms with E-state index in [4.69, 9.17) is 9.47 Å². The fourth-order valence-corrected chi connectivity index (χ4v) is 4.19. The molecule has 1 amide bonds. The number of rotatable bonds is 5. The van der Waals surface area contributed by atoms with Crippen molar-refractivity contribution in [3.8, 4) is 5.75 Å². The predicted molar refractivity (Wildman–Crippen MR) is 121 cm³/mol. The molecule has 1 aromatic carbocycles. The van der Waals surface area contributed by atoms with Crippen molar-refractivity contribution in [3.05, 3.63) is 43.3 Å². The molecule has 0 spiro atoms. The van der Waals surface area contributed by atoms with Gasteiger partial charge in [0.05, 0.1) is 20.9 Å². The summed E-state index contributed by atoms with van der Waals surface area (Å²) in [5, 5.41) is 2.80. The summed E-state index contributed by atoms with van der Waals surface area (Å²) < 4.78 is 49.8. The van der Waals surface area contributed by atoms with Crippen molar-refractivity contribution < 1.29 is 27.4 Å². The first kappa shape index (κ1) is 24.7. The van der Waals surface area contributed by atoms with Crippen LogP contribution in [0.3, 0.4) is 0 Å². The number of hydrogen-bond donors (Lipinski definition) is 2. The Morgan fingerprint density at radius 1 is 1.36 bits per heavy atom. The SMILES string of the molecule is C=c1[nH]c(=O)c(=Cc2cccc(OCC(F)(F)F)c2N2CCC(NC(=O)OC(C)(C)C)C2)s1. The molecule has 3 rings (SSSR count). The Labute approximate surface area is 192 Å². The van der Waals surface area contributed by atoms with Crippen molar-refractivity contribution in [2.45, 2.75) is 45.0 Å². The van der Waals surface area contributed by atoms with Gasteiger partial charge in [-0.05, 0) is 39.3 Å². The summed E-state index contributed by atoms with van der Waals surface area (Å²) in [6.45, 7) is 8.35. The van der Waals surface area contributed by atoms with E-state index in [2.05, 4.69) is 16.9 Å². The number of thiazole rings is 1. The first-order valence-corrected chi connectivity index (χ1v) is 11.1. The average molecular weight is 486 g/mol. The first-order chi connectivity index (χ1) is 15.3. The number of alkyl carbamates (subject to hydrolysis) is 1. The van der Waals surface area contributed by atoms with Crippen LogP contribution in [-0.2, 0) is 4.74 Å². The van der Waals surface area contributed by atoms with Gasteiger partial charge in [-0.25, -0.2) is 4.79 Å². The number of ether oxygens (including phenoxy) is 2. The minimum Gasteiger partial charge on any atom is -0.482 e. The maximum Gasteiger partial charge on any atom is 0.422 e. The van der Waals surface area contributed by atoms with Crippen molar-refractivity contribution in [1.29, 1.82) is 0 Å². The smallest absolute Gasteiger partial charge is 0.422 e. The molecule has 1 aromatic heterocycles. The monoisotopic (exact) mass is 485 g/mol. The van der Waals surface area contributed by atoms with Crippen molar-refractivity contribution in [1.82, 2.24) is 10.3 Å². The number of nitrogens with zero attached hydrogens (tertiary/aromatic N) is 1. The number of nitrogens with one attached hydrogen (secondary N) is 2. The van der Waals surface area contributed by atoms with Gasteiger partial charge in [-0.2, -0.15) is 13.2 Å². The van der Waals surface area contributed by atoms with Gasteiger partial charge in [-0.15, -0.1) is 11.3 Å². The van der Waals surface area contributed by atoms with Crippen LogP contribution in [0.25, 0.3) is 12.7 Å². The van der Waals surface area contributed by atoms with E-state index in [0.717, 1.165) is 11.3 Å². The fourth-order valence-electron chi connectivity index (χ4n) is 3.45. The van der Waals surface area contributed by atoms with Gasteiger partial charge in [-0.1, -0.05) is 18.7 Å². The summed E-state index contributed by atoms with van der Waals surface area (Å²) in [6.07, 6.45) is -2.90. The number of amides is 1. The normalized spacial score (nSPS) is 17.3. The van der Waals surface area contributed by atoms with E-state index in [1.54, 1.807) is 39.0 Å². The van der Waals surface area contributed by atoms with E-state index < -0.39 is 24.5 Å². The number of anilines is 1. The van der Waals surface area contributed by atoms with Gasteiger partial charge in [0.15, 0.2) is 6.61 Å². The van der Waals surface area contributed by atoms with Crippen LogP contribution < -0.4 is 29.7 Å². The van der Waals surface area contributed by atoms with E-state index in [1.807, 2.05) is 4.90 Å². The summed E-state index contributed by atoms with van der Waals surface area (Å²) in [4.78, 5) is 28.7. The molecule has 33 heavy (non-hydrogen) atoms. The summed E-state index contributed by atoms with van der Waals surface area (Å²) in [7, 11) is 0. The van der Waals surface area contributed by atoms with Crippen LogP contribution in [0.2, 0.25) is 0 Å². The Bertz CT molecular complexity index is 1170. The summed E-state index contributed by atoms with van der Waals surface area (Å²) in [5.74, 6) is 0.0434. The highest BCUT2D eigenvalue weighted by Crippen LogP contribution is 2.36. The van der Waals surface area contributed by atoms with Crippen molar-refractivity contribution in [2.75, 3.05) is 24.6 Å². The Kier molecular flexibility index (Phi) is 7.11. The highest BCUT2D eigenvalue weighted by Gasteiger charge is 2.32. The molecule has 2 N–H and O–H groups in total. The van der Waals surface area contributed by atoms with Crippen LogP contribution in [0.1, 0.15) is 32.8 Å². The molecule has 0 bridgehead atoms. The largest absolute Gasteiger partial charge is 0.482 e. The number of aromatic amines is 1. The van der Waals surface area contributed by atoms with Crippen LogP contribution >= 0.6 is 11.3 Å². The number of carbonyl (C=O) groups excluding carboxylic acids is 1. The lowest BCUT2D eigenvalue weighted by Gasteiger charge is -2.25. The molecule has 0 aliphatic carbocycles. The van der Waals surface area contributed by atoms with Crippen LogP contribution in [0.4, 0.5) is 23.7 Å². The van der Waals surface area contributed by atoms with Gasteiger partial charge in [0.2, 0.25) is 0 Å². The molecular weight excluding hydrogens is 459 g/mol. The second-order valence-electron chi connectivity index (χ2n) is 8.66. The Hall–Kier alpha value is -2.95. The zero-order valence-corrected chi connectivity index (χ0v) is 19.4. The maximum atomic E-state index is 12.8. The standard InChI is InChI=1S/C22H26F3N3O4S/c1-13-26-19(29)17(33-13)10-14-6-5-7-16(31-12-22(23,24)25)18(14)28-9-8-15(11-28)27-20(30)32-21(2,3)4/h5-7,10,15H,1,8-9,11-12H2,2-4H3,(H,26,29)(H,27,30). The lowest BCUT2D eigenvalue weighted by Crippen LogP contribution is -2.40. The number of alkyl halides is 3. The van der Waals surface area contributed by atoms with E-state index in [1.165, 1.54) is 6.07 Å². The number of hydrogen-bond acceptors (Lipinski definition) is 6. The number of para-hydroxylation sites is 1. The quantitative estimate of drug-likeness (QED) is 0.681. The second-order valence-corrected chi connectivity index (χ2v) is 9.80. The van der Waals surface area contributed by atoms with Crippen LogP contribution in [0.5, 0.6) is 5.75 Å². The van der Waals surface area contributed by atoms with E-state index in [9.17, 15) is 22.8 Å². The maximum absolute atomic E-state index is 12.8. The minimum absolute atomic E-state index is 0.0434. The van der Waals surface area contributed by atoms with Gasteiger partial charge < -0.3 is 24.7 Å². The number of carbonyl (C=O) groups is 1.